The number of imide groups is 1. The third-order valence-corrected chi connectivity index (χ3v) is 3.21. The van der Waals surface area contributed by atoms with Crippen LogP contribution in [0.5, 0.6) is 0 Å². The lowest BCUT2D eigenvalue weighted by molar-refractivity contribution is -0.127. The first-order valence-corrected chi connectivity index (χ1v) is 7.65. The SMILES string of the molecule is C[C@H](OC(=O)c1cc(F)c(Cl)cc1Cl)C(=O)NC(=O)NC(C)(C)C. The number of halogens is 3. The number of rotatable bonds is 3. The van der Waals surface area contributed by atoms with Crippen LogP contribution in [0, 0.1) is 5.82 Å². The van der Waals surface area contributed by atoms with E-state index in [0.29, 0.717) is 0 Å². The molecule has 0 unspecified atom stereocenters. The van der Waals surface area contributed by atoms with Crippen LogP contribution in [0.2, 0.25) is 10.0 Å². The number of carbonyl (C=O) groups excluding carboxylic acids is 3. The number of benzene rings is 1. The number of hydrogen-bond donors (Lipinski definition) is 2. The highest BCUT2D eigenvalue weighted by molar-refractivity contribution is 6.36. The second kappa shape index (κ2) is 7.81. The quantitative estimate of drug-likeness (QED) is 0.624. The van der Waals surface area contributed by atoms with Crippen molar-refractivity contribution < 1.29 is 23.5 Å². The predicted molar refractivity (Wildman–Crippen MR) is 87.7 cm³/mol. The molecule has 1 atom stereocenters. The van der Waals surface area contributed by atoms with E-state index in [2.05, 4.69) is 5.32 Å². The Bertz CT molecular complexity index is 674. The Morgan fingerprint density at radius 3 is 2.29 bits per heavy atom. The molecule has 0 aromatic heterocycles. The van der Waals surface area contributed by atoms with Crippen LogP contribution in [0.1, 0.15) is 38.1 Å². The number of hydrogen-bond acceptors (Lipinski definition) is 4. The summed E-state index contributed by atoms with van der Waals surface area (Å²) in [5.74, 6) is -2.71. The lowest BCUT2D eigenvalue weighted by Gasteiger charge is -2.21. The molecule has 9 heteroatoms. The molecule has 1 aromatic carbocycles. The zero-order valence-corrected chi connectivity index (χ0v) is 15.0. The number of carbonyl (C=O) groups is 3. The molecule has 2 N–H and O–H groups in total. The third-order valence-electron chi connectivity index (χ3n) is 2.61. The molecular formula is C15H17Cl2FN2O4. The Kier molecular flexibility index (Phi) is 6.57. The van der Waals surface area contributed by atoms with Crippen molar-refractivity contribution in [3.05, 3.63) is 33.6 Å². The lowest BCUT2D eigenvalue weighted by atomic mass is 10.1. The summed E-state index contributed by atoms with van der Waals surface area (Å²) in [5, 5.41) is 4.18. The van der Waals surface area contributed by atoms with Gasteiger partial charge in [-0.1, -0.05) is 23.2 Å². The van der Waals surface area contributed by atoms with E-state index in [4.69, 9.17) is 27.9 Å². The maximum Gasteiger partial charge on any atom is 0.340 e. The zero-order chi connectivity index (χ0) is 18.7. The van der Waals surface area contributed by atoms with Gasteiger partial charge in [0.25, 0.3) is 5.91 Å². The molecule has 24 heavy (non-hydrogen) atoms. The summed E-state index contributed by atoms with van der Waals surface area (Å²) < 4.78 is 18.3. The second-order valence-corrected chi connectivity index (χ2v) is 6.80. The Hall–Kier alpha value is -1.86. The monoisotopic (exact) mass is 378 g/mol. The van der Waals surface area contributed by atoms with Gasteiger partial charge in [-0.3, -0.25) is 10.1 Å². The first kappa shape index (κ1) is 20.2. The number of esters is 1. The molecule has 0 aliphatic heterocycles. The molecule has 0 fully saturated rings. The maximum atomic E-state index is 13.4. The van der Waals surface area contributed by atoms with Crippen molar-refractivity contribution in [1.82, 2.24) is 10.6 Å². The predicted octanol–water partition coefficient (Wildman–Crippen LogP) is 3.30. The molecule has 6 nitrogen and oxygen atoms in total. The van der Waals surface area contributed by atoms with Gasteiger partial charge in [0.1, 0.15) is 5.82 Å². The standard InChI is InChI=1S/C15H17Cl2FN2O4/c1-7(12(21)19-14(23)20-15(2,3)4)24-13(22)8-5-11(18)10(17)6-9(8)16/h5-7H,1-4H3,(H2,19,20,21,23)/t7-/m0/s1. The van der Waals surface area contributed by atoms with Gasteiger partial charge < -0.3 is 10.1 Å². The third kappa shape index (κ3) is 5.98. The maximum absolute atomic E-state index is 13.4. The van der Waals surface area contributed by atoms with Crippen molar-refractivity contribution in [3.63, 3.8) is 0 Å². The van der Waals surface area contributed by atoms with Gasteiger partial charge in [-0.25, -0.2) is 14.0 Å². The summed E-state index contributed by atoms with van der Waals surface area (Å²) in [7, 11) is 0. The van der Waals surface area contributed by atoms with Gasteiger partial charge in [0.2, 0.25) is 0 Å². The Labute approximate surface area is 148 Å². The molecule has 0 aliphatic rings. The minimum absolute atomic E-state index is 0.121. The van der Waals surface area contributed by atoms with Gasteiger partial charge in [-0.15, -0.1) is 0 Å². The zero-order valence-electron chi connectivity index (χ0n) is 13.5. The molecule has 1 rings (SSSR count). The second-order valence-electron chi connectivity index (χ2n) is 5.99. The van der Waals surface area contributed by atoms with Crippen LogP contribution in [-0.4, -0.2) is 29.6 Å². The van der Waals surface area contributed by atoms with E-state index in [1.54, 1.807) is 20.8 Å². The molecule has 0 radical (unpaired) electrons. The van der Waals surface area contributed by atoms with E-state index in [9.17, 15) is 18.8 Å². The van der Waals surface area contributed by atoms with E-state index >= 15 is 0 Å². The average Bonchev–Trinajstić information content (AvgIpc) is 2.40. The topological polar surface area (TPSA) is 84.5 Å². The molecule has 0 bridgehead atoms. The highest BCUT2D eigenvalue weighted by atomic mass is 35.5. The first-order valence-electron chi connectivity index (χ1n) is 6.89. The van der Waals surface area contributed by atoms with Crippen LogP contribution in [0.25, 0.3) is 0 Å². The largest absolute Gasteiger partial charge is 0.449 e. The summed E-state index contributed by atoms with van der Waals surface area (Å²) in [4.78, 5) is 35.4. The fraction of sp³-hybridized carbons (Fsp3) is 0.400. The smallest absolute Gasteiger partial charge is 0.340 e. The van der Waals surface area contributed by atoms with Crippen molar-refractivity contribution in [3.8, 4) is 0 Å². The summed E-state index contributed by atoms with van der Waals surface area (Å²) in [6.45, 7) is 6.46. The fourth-order valence-corrected chi connectivity index (χ4v) is 2.00. The van der Waals surface area contributed by atoms with Gasteiger partial charge >= 0.3 is 12.0 Å². The van der Waals surface area contributed by atoms with Gasteiger partial charge in [0.05, 0.1) is 15.6 Å². The fourth-order valence-electron chi connectivity index (χ4n) is 1.54. The Balaban J connectivity index is 2.72. The first-order chi connectivity index (χ1) is 10.9. The normalized spacial score (nSPS) is 12.3. The van der Waals surface area contributed by atoms with Gasteiger partial charge in [0.15, 0.2) is 6.10 Å². The molecule has 0 saturated carbocycles. The van der Waals surface area contributed by atoms with Crippen LogP contribution in [0.4, 0.5) is 9.18 Å². The van der Waals surface area contributed by atoms with Crippen LogP contribution in [0.3, 0.4) is 0 Å². The van der Waals surface area contributed by atoms with E-state index in [1.807, 2.05) is 5.32 Å². The summed E-state index contributed by atoms with van der Waals surface area (Å²) in [6.07, 6.45) is -1.29. The number of nitrogens with one attached hydrogen (secondary N) is 2. The van der Waals surface area contributed by atoms with Crippen LogP contribution >= 0.6 is 23.2 Å². The summed E-state index contributed by atoms with van der Waals surface area (Å²) in [5.41, 5.74) is -0.823. The molecule has 0 spiro atoms. The molecule has 3 amide bonds. The minimum Gasteiger partial charge on any atom is -0.449 e. The summed E-state index contributed by atoms with van der Waals surface area (Å²) in [6, 6.07) is 1.13. The summed E-state index contributed by atoms with van der Waals surface area (Å²) >= 11 is 11.3. The van der Waals surface area contributed by atoms with Crippen molar-refractivity contribution in [2.24, 2.45) is 0 Å². The molecule has 0 saturated heterocycles. The number of ether oxygens (including phenoxy) is 1. The van der Waals surface area contributed by atoms with Crippen molar-refractivity contribution >= 4 is 41.1 Å². The van der Waals surface area contributed by atoms with E-state index in [1.165, 1.54) is 6.92 Å². The number of amides is 3. The van der Waals surface area contributed by atoms with E-state index in [-0.39, 0.29) is 15.6 Å². The van der Waals surface area contributed by atoms with E-state index < -0.39 is 35.4 Å². The van der Waals surface area contributed by atoms with Gasteiger partial charge in [0, 0.05) is 5.54 Å². The lowest BCUT2D eigenvalue weighted by Crippen LogP contribution is -2.50. The van der Waals surface area contributed by atoms with Crippen LogP contribution in [0.15, 0.2) is 12.1 Å². The molecule has 0 aliphatic carbocycles. The van der Waals surface area contributed by atoms with Crippen LogP contribution < -0.4 is 10.6 Å². The van der Waals surface area contributed by atoms with E-state index in [0.717, 1.165) is 12.1 Å². The molecule has 0 heterocycles. The minimum atomic E-state index is -1.29. The number of urea groups is 1. The van der Waals surface area contributed by atoms with Gasteiger partial charge in [-0.05, 0) is 39.8 Å². The highest BCUT2D eigenvalue weighted by Crippen LogP contribution is 2.25. The van der Waals surface area contributed by atoms with Crippen molar-refractivity contribution in [2.75, 3.05) is 0 Å². The highest BCUT2D eigenvalue weighted by Gasteiger charge is 2.24. The molecule has 132 valence electrons. The van der Waals surface area contributed by atoms with Crippen molar-refractivity contribution in [1.29, 1.82) is 0 Å². The Morgan fingerprint density at radius 1 is 1.17 bits per heavy atom. The molecular weight excluding hydrogens is 362 g/mol. The van der Waals surface area contributed by atoms with Crippen molar-refractivity contribution in [2.45, 2.75) is 39.3 Å². The molecule has 1 aromatic rings. The van der Waals surface area contributed by atoms with Crippen LogP contribution in [-0.2, 0) is 9.53 Å². The Morgan fingerprint density at radius 2 is 1.75 bits per heavy atom. The average molecular weight is 379 g/mol. The van der Waals surface area contributed by atoms with Gasteiger partial charge in [-0.2, -0.15) is 0 Å².